The Morgan fingerprint density at radius 3 is 2.64 bits per heavy atom. The highest BCUT2D eigenvalue weighted by Gasteiger charge is 2.33. The molecule has 2 fully saturated rings. The molecule has 2 aliphatic carbocycles. The van der Waals surface area contributed by atoms with Crippen LogP contribution in [0.3, 0.4) is 0 Å². The number of hydrogen-bond acceptors (Lipinski definition) is 6. The minimum absolute atomic E-state index is 0.0312. The van der Waals surface area contributed by atoms with Crippen molar-refractivity contribution in [3.8, 4) is 0 Å². The molecule has 2 saturated carbocycles. The zero-order valence-electron chi connectivity index (χ0n) is 14.6. The van der Waals surface area contributed by atoms with E-state index in [1.54, 1.807) is 12.1 Å². The Hall–Kier alpha value is -2.45. The third kappa shape index (κ3) is 2.97. The number of rotatable bonds is 6. The van der Waals surface area contributed by atoms with Crippen LogP contribution >= 0.6 is 23.2 Å². The van der Waals surface area contributed by atoms with Gasteiger partial charge in [-0.3, -0.25) is 4.79 Å². The number of nitrogens with zero attached hydrogens (tertiary/aromatic N) is 5. The molecule has 10 heteroatoms. The highest BCUT2D eigenvalue weighted by molar-refractivity contribution is 6.38. The lowest BCUT2D eigenvalue weighted by molar-refractivity contribution is 0.103. The SMILES string of the molecule is O=C(c1cnoc1C1CC1)c1ccc(Cl)c(Cn2nnn(C3CC3)c2=O)c1Cl. The van der Waals surface area contributed by atoms with Gasteiger partial charge in [0.2, 0.25) is 0 Å². The van der Waals surface area contributed by atoms with Crippen molar-refractivity contribution < 1.29 is 9.32 Å². The van der Waals surface area contributed by atoms with Gasteiger partial charge in [-0.1, -0.05) is 28.4 Å². The van der Waals surface area contributed by atoms with Crippen LogP contribution in [0.5, 0.6) is 0 Å². The van der Waals surface area contributed by atoms with E-state index in [9.17, 15) is 9.59 Å². The van der Waals surface area contributed by atoms with Crippen molar-refractivity contribution in [2.75, 3.05) is 0 Å². The maximum Gasteiger partial charge on any atom is 0.364 e. The lowest BCUT2D eigenvalue weighted by atomic mass is 10.0. The predicted octanol–water partition coefficient (Wildman–Crippen LogP) is 3.23. The molecule has 2 aliphatic rings. The molecule has 144 valence electrons. The fourth-order valence-electron chi connectivity index (χ4n) is 3.21. The maximum absolute atomic E-state index is 13.0. The van der Waals surface area contributed by atoms with Gasteiger partial charge in [-0.25, -0.2) is 4.79 Å². The molecule has 1 aromatic carbocycles. The van der Waals surface area contributed by atoms with Gasteiger partial charge in [0.05, 0.1) is 29.4 Å². The third-order valence-electron chi connectivity index (χ3n) is 5.08. The summed E-state index contributed by atoms with van der Waals surface area (Å²) in [5.41, 5.74) is 0.827. The Morgan fingerprint density at radius 1 is 1.14 bits per heavy atom. The summed E-state index contributed by atoms with van der Waals surface area (Å²) in [4.78, 5) is 25.5. The number of hydrogen-bond donors (Lipinski definition) is 0. The van der Waals surface area contributed by atoms with Crippen LogP contribution < -0.4 is 5.69 Å². The largest absolute Gasteiger partial charge is 0.364 e. The van der Waals surface area contributed by atoms with E-state index >= 15 is 0 Å². The van der Waals surface area contributed by atoms with Crippen molar-refractivity contribution >= 4 is 29.0 Å². The molecular weight excluding hydrogens is 405 g/mol. The van der Waals surface area contributed by atoms with E-state index in [-0.39, 0.29) is 40.6 Å². The van der Waals surface area contributed by atoms with Crippen LogP contribution in [0.15, 0.2) is 27.6 Å². The molecule has 0 atom stereocenters. The summed E-state index contributed by atoms with van der Waals surface area (Å²) in [6.45, 7) is 0.0312. The molecule has 0 amide bonds. The van der Waals surface area contributed by atoms with Crippen LogP contribution in [0, 0.1) is 0 Å². The van der Waals surface area contributed by atoms with Crippen LogP contribution in [-0.4, -0.2) is 30.7 Å². The normalized spacial score (nSPS) is 16.5. The maximum atomic E-state index is 13.0. The monoisotopic (exact) mass is 419 g/mol. The Kier molecular flexibility index (Phi) is 4.13. The number of aromatic nitrogens is 5. The molecule has 0 spiro atoms. The van der Waals surface area contributed by atoms with Crippen molar-refractivity contribution in [3.63, 3.8) is 0 Å². The lowest BCUT2D eigenvalue weighted by Crippen LogP contribution is -2.25. The first-order chi connectivity index (χ1) is 13.5. The van der Waals surface area contributed by atoms with Gasteiger partial charge in [0.1, 0.15) is 0 Å². The summed E-state index contributed by atoms with van der Waals surface area (Å²) in [6, 6.07) is 3.29. The highest BCUT2D eigenvalue weighted by Crippen LogP contribution is 2.42. The number of halogens is 2. The lowest BCUT2D eigenvalue weighted by Gasteiger charge is -2.10. The van der Waals surface area contributed by atoms with Gasteiger partial charge >= 0.3 is 5.69 Å². The summed E-state index contributed by atoms with van der Waals surface area (Å²) in [5.74, 6) is 0.559. The van der Waals surface area contributed by atoms with E-state index in [1.807, 2.05) is 0 Å². The Morgan fingerprint density at radius 2 is 1.93 bits per heavy atom. The van der Waals surface area contributed by atoms with Gasteiger partial charge in [-0.05, 0) is 48.2 Å². The van der Waals surface area contributed by atoms with Gasteiger partial charge in [0.15, 0.2) is 11.5 Å². The van der Waals surface area contributed by atoms with Gasteiger partial charge < -0.3 is 4.52 Å². The van der Waals surface area contributed by atoms with E-state index < -0.39 is 0 Å². The molecule has 2 heterocycles. The molecule has 8 nitrogen and oxygen atoms in total. The van der Waals surface area contributed by atoms with E-state index in [4.69, 9.17) is 27.7 Å². The minimum atomic E-state index is -0.318. The molecule has 5 rings (SSSR count). The highest BCUT2D eigenvalue weighted by atomic mass is 35.5. The number of benzene rings is 1. The first-order valence-electron chi connectivity index (χ1n) is 9.03. The summed E-state index contributed by atoms with van der Waals surface area (Å²) in [5, 5.41) is 12.1. The van der Waals surface area contributed by atoms with Crippen LogP contribution in [0.1, 0.15) is 64.9 Å². The Balaban J connectivity index is 1.50. The molecule has 2 aromatic heterocycles. The molecule has 0 saturated heterocycles. The van der Waals surface area contributed by atoms with Crippen molar-refractivity contribution in [1.29, 1.82) is 0 Å². The van der Waals surface area contributed by atoms with Gasteiger partial charge in [-0.15, -0.1) is 0 Å². The zero-order valence-corrected chi connectivity index (χ0v) is 16.2. The van der Waals surface area contributed by atoms with E-state index in [0.717, 1.165) is 25.7 Å². The predicted molar refractivity (Wildman–Crippen MR) is 100 cm³/mol. The van der Waals surface area contributed by atoms with Gasteiger partial charge in [-0.2, -0.15) is 9.36 Å². The van der Waals surface area contributed by atoms with Crippen LogP contribution in [-0.2, 0) is 6.54 Å². The van der Waals surface area contributed by atoms with Crippen molar-refractivity contribution in [2.24, 2.45) is 0 Å². The van der Waals surface area contributed by atoms with Crippen LogP contribution in [0.4, 0.5) is 0 Å². The smallest absolute Gasteiger partial charge is 0.360 e. The molecule has 0 unspecified atom stereocenters. The fourth-order valence-corrected chi connectivity index (χ4v) is 3.78. The summed E-state index contributed by atoms with van der Waals surface area (Å²) >= 11 is 12.8. The van der Waals surface area contributed by atoms with Crippen molar-refractivity contribution in [3.05, 3.63) is 61.3 Å². The molecule has 0 N–H and O–H groups in total. The van der Waals surface area contributed by atoms with Crippen molar-refractivity contribution in [2.45, 2.75) is 44.2 Å². The number of ketones is 1. The average molecular weight is 420 g/mol. The molecular formula is C18H15Cl2N5O3. The van der Waals surface area contributed by atoms with Crippen molar-refractivity contribution in [1.82, 2.24) is 24.9 Å². The van der Waals surface area contributed by atoms with Gasteiger partial charge in [0, 0.05) is 22.1 Å². The van der Waals surface area contributed by atoms with Crippen LogP contribution in [0.25, 0.3) is 0 Å². The van der Waals surface area contributed by atoms with Gasteiger partial charge in [0.25, 0.3) is 0 Å². The van der Waals surface area contributed by atoms with E-state index in [1.165, 1.54) is 15.6 Å². The average Bonchev–Trinajstić information content (AvgIpc) is 3.62. The van der Waals surface area contributed by atoms with Crippen LogP contribution in [0.2, 0.25) is 10.0 Å². The second-order valence-corrected chi connectivity index (χ2v) is 7.97. The summed E-state index contributed by atoms with van der Waals surface area (Å²) in [7, 11) is 0. The molecule has 0 aliphatic heterocycles. The minimum Gasteiger partial charge on any atom is -0.360 e. The number of carbonyl (C=O) groups is 1. The number of tetrazole rings is 1. The standard InChI is InChI=1S/C18H15Cl2N5O3/c19-14-6-5-11(16(26)12-7-21-28-17(12)9-1-2-9)15(20)13(14)8-24-18(27)25(23-22-24)10-3-4-10/h5-7,9-10H,1-4,8H2. The van der Waals surface area contributed by atoms with E-state index in [0.29, 0.717) is 21.9 Å². The summed E-state index contributed by atoms with van der Waals surface area (Å²) in [6.07, 6.45) is 5.23. The Bertz CT molecular complexity index is 1140. The fraction of sp³-hybridized carbons (Fsp3) is 0.389. The quantitative estimate of drug-likeness (QED) is 0.569. The third-order valence-corrected chi connectivity index (χ3v) is 5.87. The summed E-state index contributed by atoms with van der Waals surface area (Å²) < 4.78 is 7.84. The molecule has 3 aromatic rings. The molecule has 0 radical (unpaired) electrons. The first-order valence-corrected chi connectivity index (χ1v) is 9.78. The zero-order chi connectivity index (χ0) is 19.4. The topological polar surface area (TPSA) is 95.8 Å². The first kappa shape index (κ1) is 17.6. The Labute approximate surface area is 169 Å². The molecule has 28 heavy (non-hydrogen) atoms. The second-order valence-electron chi connectivity index (χ2n) is 7.19. The number of carbonyl (C=O) groups excluding carboxylic acids is 1. The second kappa shape index (κ2) is 6.56. The molecule has 0 bridgehead atoms. The van der Waals surface area contributed by atoms with E-state index in [2.05, 4.69) is 15.6 Å².